The lowest BCUT2D eigenvalue weighted by Crippen LogP contribution is -2.41. The monoisotopic (exact) mass is 304 g/mol. The number of amides is 2. The number of ether oxygens (including phenoxy) is 2. The van der Waals surface area contributed by atoms with Crippen LogP contribution in [-0.2, 0) is 4.74 Å². The highest BCUT2D eigenvalue weighted by Crippen LogP contribution is 2.19. The topological polar surface area (TPSA) is 50.8 Å². The molecule has 5 heteroatoms. The Bertz CT molecular complexity index is 479. The van der Waals surface area contributed by atoms with E-state index in [0.29, 0.717) is 12.5 Å². The number of benzene rings is 1. The highest BCUT2D eigenvalue weighted by molar-refractivity contribution is 5.89. The van der Waals surface area contributed by atoms with Crippen LogP contribution in [0.15, 0.2) is 36.9 Å². The predicted molar refractivity (Wildman–Crippen MR) is 87.3 cm³/mol. The van der Waals surface area contributed by atoms with Gasteiger partial charge in [-0.05, 0) is 43.0 Å². The molecule has 1 saturated heterocycles. The third-order valence-electron chi connectivity index (χ3n) is 3.83. The number of carbonyl (C=O) groups is 1. The molecule has 0 spiro atoms. The van der Waals surface area contributed by atoms with Gasteiger partial charge in [-0.15, -0.1) is 6.58 Å². The molecule has 1 aliphatic heterocycles. The summed E-state index contributed by atoms with van der Waals surface area (Å²) in [5, 5.41) is 2.92. The number of methoxy groups -OCH3 is 1. The first-order valence-electron chi connectivity index (χ1n) is 7.61. The number of likely N-dealkylation sites (tertiary alicyclic amines) is 1. The van der Waals surface area contributed by atoms with E-state index in [0.717, 1.165) is 44.0 Å². The molecule has 2 amide bonds. The molecule has 2 rings (SSSR count). The Kier molecular flexibility index (Phi) is 6.27. The quantitative estimate of drug-likeness (QED) is 0.649. The first-order valence-corrected chi connectivity index (χ1v) is 7.61. The van der Waals surface area contributed by atoms with Crippen LogP contribution in [0.2, 0.25) is 0 Å². The number of urea groups is 1. The Hall–Kier alpha value is -2.01. The molecular formula is C17H24N2O3. The van der Waals surface area contributed by atoms with E-state index in [1.165, 1.54) is 0 Å². The van der Waals surface area contributed by atoms with Crippen LogP contribution in [0.1, 0.15) is 12.8 Å². The third-order valence-corrected chi connectivity index (χ3v) is 3.83. The highest BCUT2D eigenvalue weighted by atomic mass is 16.5. The molecule has 0 atom stereocenters. The molecule has 0 saturated carbocycles. The second-order valence-corrected chi connectivity index (χ2v) is 5.42. The van der Waals surface area contributed by atoms with Gasteiger partial charge in [0.15, 0.2) is 0 Å². The van der Waals surface area contributed by atoms with Crippen molar-refractivity contribution in [2.75, 3.05) is 38.7 Å². The number of carbonyl (C=O) groups excluding carboxylic acids is 1. The third kappa shape index (κ3) is 4.77. The van der Waals surface area contributed by atoms with Gasteiger partial charge >= 0.3 is 6.03 Å². The number of nitrogens with one attached hydrogen (secondary N) is 1. The summed E-state index contributed by atoms with van der Waals surface area (Å²) in [5.74, 6) is 1.31. The Labute approximate surface area is 131 Å². The van der Waals surface area contributed by atoms with E-state index in [2.05, 4.69) is 11.9 Å². The van der Waals surface area contributed by atoms with Crippen molar-refractivity contribution < 1.29 is 14.3 Å². The van der Waals surface area contributed by atoms with E-state index < -0.39 is 0 Å². The smallest absolute Gasteiger partial charge is 0.321 e. The fourth-order valence-electron chi connectivity index (χ4n) is 2.50. The molecule has 22 heavy (non-hydrogen) atoms. The molecule has 120 valence electrons. The van der Waals surface area contributed by atoms with Crippen LogP contribution in [0, 0.1) is 5.92 Å². The van der Waals surface area contributed by atoms with E-state index in [9.17, 15) is 4.79 Å². The predicted octanol–water partition coefficient (Wildman–Crippen LogP) is 3.14. The van der Waals surface area contributed by atoms with Crippen molar-refractivity contribution in [3.63, 3.8) is 0 Å². The Morgan fingerprint density at radius 2 is 2.05 bits per heavy atom. The van der Waals surface area contributed by atoms with Crippen molar-refractivity contribution in [2.45, 2.75) is 12.8 Å². The minimum Gasteiger partial charge on any atom is -0.497 e. The second kappa shape index (κ2) is 8.44. The number of hydrogen-bond donors (Lipinski definition) is 1. The lowest BCUT2D eigenvalue weighted by Gasteiger charge is -2.31. The molecule has 0 radical (unpaired) electrons. The van der Waals surface area contributed by atoms with Crippen molar-refractivity contribution in [3.8, 4) is 5.75 Å². The molecule has 0 aromatic heterocycles. The molecule has 1 aromatic carbocycles. The van der Waals surface area contributed by atoms with Crippen LogP contribution in [0.4, 0.5) is 10.5 Å². The molecule has 1 fully saturated rings. The van der Waals surface area contributed by atoms with E-state index in [-0.39, 0.29) is 6.03 Å². The Morgan fingerprint density at radius 3 is 2.64 bits per heavy atom. The van der Waals surface area contributed by atoms with Crippen molar-refractivity contribution in [2.24, 2.45) is 5.92 Å². The van der Waals surface area contributed by atoms with Crippen LogP contribution in [0.5, 0.6) is 5.75 Å². The normalized spacial score (nSPS) is 15.4. The number of hydrogen-bond acceptors (Lipinski definition) is 3. The van der Waals surface area contributed by atoms with Gasteiger partial charge in [0.25, 0.3) is 0 Å². The summed E-state index contributed by atoms with van der Waals surface area (Å²) in [6, 6.07) is 7.30. The molecule has 1 aromatic rings. The number of anilines is 1. The molecule has 0 aliphatic carbocycles. The number of rotatable bonds is 6. The van der Waals surface area contributed by atoms with Gasteiger partial charge in [0.1, 0.15) is 5.75 Å². The van der Waals surface area contributed by atoms with Crippen molar-refractivity contribution in [3.05, 3.63) is 36.9 Å². The summed E-state index contributed by atoms with van der Waals surface area (Å²) in [6.07, 6.45) is 3.72. The first kappa shape index (κ1) is 16.4. The summed E-state index contributed by atoms with van der Waals surface area (Å²) in [7, 11) is 1.62. The van der Waals surface area contributed by atoms with Gasteiger partial charge in [0.2, 0.25) is 0 Å². The van der Waals surface area contributed by atoms with Gasteiger partial charge in [-0.1, -0.05) is 6.08 Å². The molecule has 5 nitrogen and oxygen atoms in total. The van der Waals surface area contributed by atoms with Gasteiger partial charge < -0.3 is 19.7 Å². The van der Waals surface area contributed by atoms with E-state index in [4.69, 9.17) is 9.47 Å². The fourth-order valence-corrected chi connectivity index (χ4v) is 2.50. The molecule has 1 aliphatic rings. The molecule has 1 heterocycles. The maximum absolute atomic E-state index is 12.2. The van der Waals surface area contributed by atoms with Gasteiger partial charge in [-0.2, -0.15) is 0 Å². The summed E-state index contributed by atoms with van der Waals surface area (Å²) < 4.78 is 10.6. The molecule has 1 N–H and O–H groups in total. The van der Waals surface area contributed by atoms with Gasteiger partial charge in [-0.25, -0.2) is 4.79 Å². The average Bonchev–Trinajstić information content (AvgIpc) is 2.56. The molecule has 0 bridgehead atoms. The van der Waals surface area contributed by atoms with Crippen LogP contribution in [0.25, 0.3) is 0 Å². The van der Waals surface area contributed by atoms with Crippen LogP contribution >= 0.6 is 0 Å². The summed E-state index contributed by atoms with van der Waals surface area (Å²) in [5.41, 5.74) is 0.780. The summed E-state index contributed by atoms with van der Waals surface area (Å²) in [6.45, 7) is 6.52. The van der Waals surface area contributed by atoms with Gasteiger partial charge in [0, 0.05) is 25.4 Å². The van der Waals surface area contributed by atoms with Crippen molar-refractivity contribution >= 4 is 11.7 Å². The van der Waals surface area contributed by atoms with E-state index in [1.807, 2.05) is 29.2 Å². The number of nitrogens with zero attached hydrogens (tertiary/aromatic N) is 1. The maximum atomic E-state index is 12.2. The van der Waals surface area contributed by atoms with E-state index in [1.54, 1.807) is 13.2 Å². The second-order valence-electron chi connectivity index (χ2n) is 5.42. The SMILES string of the molecule is C=CCOCC1CCN(C(=O)Nc2ccc(OC)cc2)CC1. The van der Waals surface area contributed by atoms with Gasteiger partial charge in [-0.3, -0.25) is 0 Å². The summed E-state index contributed by atoms with van der Waals surface area (Å²) in [4.78, 5) is 14.1. The highest BCUT2D eigenvalue weighted by Gasteiger charge is 2.22. The van der Waals surface area contributed by atoms with Crippen molar-refractivity contribution in [1.82, 2.24) is 4.90 Å². The molecule has 0 unspecified atom stereocenters. The Morgan fingerprint density at radius 1 is 1.36 bits per heavy atom. The summed E-state index contributed by atoms with van der Waals surface area (Å²) >= 11 is 0. The zero-order valence-corrected chi connectivity index (χ0v) is 13.1. The maximum Gasteiger partial charge on any atom is 0.321 e. The fraction of sp³-hybridized carbons (Fsp3) is 0.471. The zero-order chi connectivity index (χ0) is 15.8. The van der Waals surface area contributed by atoms with Crippen LogP contribution < -0.4 is 10.1 Å². The standard InChI is InChI=1S/C17H24N2O3/c1-3-12-22-13-14-8-10-19(11-9-14)17(20)18-15-4-6-16(21-2)7-5-15/h3-7,14H,1,8-13H2,2H3,(H,18,20). The van der Waals surface area contributed by atoms with E-state index >= 15 is 0 Å². The number of piperidine rings is 1. The first-order chi connectivity index (χ1) is 10.7. The average molecular weight is 304 g/mol. The van der Waals surface area contributed by atoms with Gasteiger partial charge in [0.05, 0.1) is 13.7 Å². The van der Waals surface area contributed by atoms with Crippen LogP contribution in [-0.4, -0.2) is 44.3 Å². The largest absolute Gasteiger partial charge is 0.497 e. The van der Waals surface area contributed by atoms with Crippen molar-refractivity contribution in [1.29, 1.82) is 0 Å². The zero-order valence-electron chi connectivity index (χ0n) is 13.1. The Balaban J connectivity index is 1.75. The lowest BCUT2D eigenvalue weighted by atomic mass is 9.98. The van der Waals surface area contributed by atoms with Crippen LogP contribution in [0.3, 0.4) is 0 Å². The lowest BCUT2D eigenvalue weighted by molar-refractivity contribution is 0.0906. The molecular weight excluding hydrogens is 280 g/mol. The minimum absolute atomic E-state index is 0.0457. The minimum atomic E-state index is -0.0457.